The van der Waals surface area contributed by atoms with Crippen molar-refractivity contribution in [3.05, 3.63) is 65.4 Å². The van der Waals surface area contributed by atoms with Crippen molar-refractivity contribution in [2.45, 2.75) is 13.8 Å². The Kier molecular flexibility index (Phi) is 3.98. The number of anilines is 2. The molecular formula is C19H18N2O2. The van der Waals surface area contributed by atoms with E-state index >= 15 is 0 Å². The summed E-state index contributed by atoms with van der Waals surface area (Å²) in [6.07, 6.45) is 1.79. The molecule has 4 heteroatoms. The number of rotatable bonds is 3. The highest BCUT2D eigenvalue weighted by molar-refractivity contribution is 5.96. The number of pyridine rings is 1. The SMILES string of the molecule is COC(=O)c1cccc(Nc2ccnc3cc(C)cc(C)c23)c1. The number of hydrogen-bond acceptors (Lipinski definition) is 4. The van der Waals surface area contributed by atoms with Crippen LogP contribution in [0.2, 0.25) is 0 Å². The van der Waals surface area contributed by atoms with Gasteiger partial charge in [-0.3, -0.25) is 4.98 Å². The van der Waals surface area contributed by atoms with Gasteiger partial charge in [-0.2, -0.15) is 0 Å². The summed E-state index contributed by atoms with van der Waals surface area (Å²) in [4.78, 5) is 16.1. The van der Waals surface area contributed by atoms with Gasteiger partial charge in [0.15, 0.2) is 0 Å². The van der Waals surface area contributed by atoms with E-state index in [9.17, 15) is 4.79 Å². The van der Waals surface area contributed by atoms with Crippen LogP contribution in [0.4, 0.5) is 11.4 Å². The number of methoxy groups -OCH3 is 1. The van der Waals surface area contributed by atoms with Gasteiger partial charge in [-0.1, -0.05) is 12.1 Å². The van der Waals surface area contributed by atoms with Gasteiger partial charge in [0.05, 0.1) is 18.2 Å². The standard InChI is InChI=1S/C19H18N2O2/c1-12-9-13(2)18-16(7-8-20-17(18)10-12)21-15-6-4-5-14(11-15)19(22)23-3/h4-11H,1-3H3,(H,20,21). The van der Waals surface area contributed by atoms with Crippen LogP contribution in [0.3, 0.4) is 0 Å². The molecule has 0 saturated carbocycles. The van der Waals surface area contributed by atoms with Crippen LogP contribution < -0.4 is 5.32 Å². The number of ether oxygens (including phenoxy) is 1. The van der Waals surface area contributed by atoms with Crippen LogP contribution in [0.1, 0.15) is 21.5 Å². The molecule has 0 aliphatic carbocycles. The molecule has 2 aromatic carbocycles. The van der Waals surface area contributed by atoms with Crippen LogP contribution in [0, 0.1) is 13.8 Å². The number of aromatic nitrogens is 1. The zero-order chi connectivity index (χ0) is 16.4. The molecule has 116 valence electrons. The third-order valence-corrected chi connectivity index (χ3v) is 3.75. The average molecular weight is 306 g/mol. The van der Waals surface area contributed by atoms with E-state index in [0.717, 1.165) is 22.3 Å². The molecule has 3 aromatic rings. The average Bonchev–Trinajstić information content (AvgIpc) is 2.54. The predicted octanol–water partition coefficient (Wildman–Crippen LogP) is 4.38. The maximum absolute atomic E-state index is 11.7. The van der Waals surface area contributed by atoms with Gasteiger partial charge in [-0.05, 0) is 55.3 Å². The van der Waals surface area contributed by atoms with Gasteiger partial charge in [0.25, 0.3) is 0 Å². The number of nitrogens with one attached hydrogen (secondary N) is 1. The molecule has 0 saturated heterocycles. The molecule has 1 N–H and O–H groups in total. The lowest BCUT2D eigenvalue weighted by Crippen LogP contribution is -2.02. The molecule has 0 amide bonds. The Morgan fingerprint density at radius 2 is 1.96 bits per heavy atom. The number of carbonyl (C=O) groups is 1. The third-order valence-electron chi connectivity index (χ3n) is 3.75. The largest absolute Gasteiger partial charge is 0.465 e. The van der Waals surface area contributed by atoms with Crippen molar-refractivity contribution < 1.29 is 9.53 Å². The second-order valence-electron chi connectivity index (χ2n) is 5.53. The number of carbonyl (C=O) groups excluding carboxylic acids is 1. The number of aryl methyl sites for hydroxylation is 2. The fourth-order valence-electron chi connectivity index (χ4n) is 2.77. The number of fused-ring (bicyclic) bond motifs is 1. The van der Waals surface area contributed by atoms with Gasteiger partial charge in [0.2, 0.25) is 0 Å². The van der Waals surface area contributed by atoms with E-state index < -0.39 is 0 Å². The summed E-state index contributed by atoms with van der Waals surface area (Å²) in [5.41, 5.74) is 5.63. The summed E-state index contributed by atoms with van der Waals surface area (Å²) in [5.74, 6) is -0.347. The van der Waals surface area contributed by atoms with Crippen molar-refractivity contribution in [3.63, 3.8) is 0 Å². The van der Waals surface area contributed by atoms with Crippen molar-refractivity contribution in [3.8, 4) is 0 Å². The van der Waals surface area contributed by atoms with Crippen molar-refractivity contribution in [2.24, 2.45) is 0 Å². The Labute approximate surface area is 135 Å². The summed E-state index contributed by atoms with van der Waals surface area (Å²) in [7, 11) is 1.38. The quantitative estimate of drug-likeness (QED) is 0.729. The van der Waals surface area contributed by atoms with Gasteiger partial charge in [0.1, 0.15) is 0 Å². The van der Waals surface area contributed by atoms with Gasteiger partial charge >= 0.3 is 5.97 Å². The summed E-state index contributed by atoms with van der Waals surface area (Å²) in [6, 6.07) is 13.4. The van der Waals surface area contributed by atoms with Crippen LogP contribution in [-0.2, 0) is 4.74 Å². The molecule has 0 unspecified atom stereocenters. The summed E-state index contributed by atoms with van der Waals surface area (Å²) in [6.45, 7) is 4.14. The van der Waals surface area contributed by atoms with Crippen molar-refractivity contribution in [2.75, 3.05) is 12.4 Å². The van der Waals surface area contributed by atoms with Crippen LogP contribution in [0.15, 0.2) is 48.7 Å². The van der Waals surface area contributed by atoms with Gasteiger partial charge < -0.3 is 10.1 Å². The van der Waals surface area contributed by atoms with E-state index in [2.05, 4.69) is 36.3 Å². The molecule has 0 radical (unpaired) electrons. The van der Waals surface area contributed by atoms with Crippen LogP contribution in [0.5, 0.6) is 0 Å². The molecule has 1 aromatic heterocycles. The van der Waals surface area contributed by atoms with Crippen molar-refractivity contribution >= 4 is 28.2 Å². The highest BCUT2D eigenvalue weighted by Gasteiger charge is 2.09. The number of hydrogen-bond donors (Lipinski definition) is 1. The lowest BCUT2D eigenvalue weighted by Gasteiger charge is -2.12. The van der Waals surface area contributed by atoms with E-state index in [4.69, 9.17) is 4.74 Å². The maximum atomic E-state index is 11.7. The Bertz CT molecular complexity index is 888. The van der Waals surface area contributed by atoms with E-state index in [1.54, 1.807) is 18.3 Å². The molecule has 4 nitrogen and oxygen atoms in total. The van der Waals surface area contributed by atoms with Crippen LogP contribution in [-0.4, -0.2) is 18.1 Å². The summed E-state index contributed by atoms with van der Waals surface area (Å²) < 4.78 is 4.77. The molecule has 0 atom stereocenters. The normalized spacial score (nSPS) is 10.6. The third kappa shape index (κ3) is 3.01. The Morgan fingerprint density at radius 1 is 1.13 bits per heavy atom. The molecule has 3 rings (SSSR count). The molecule has 1 heterocycles. The summed E-state index contributed by atoms with van der Waals surface area (Å²) in [5, 5.41) is 4.46. The highest BCUT2D eigenvalue weighted by atomic mass is 16.5. The highest BCUT2D eigenvalue weighted by Crippen LogP contribution is 2.29. The number of benzene rings is 2. The molecule has 0 fully saturated rings. The Hall–Kier alpha value is -2.88. The first kappa shape index (κ1) is 15.0. The molecule has 0 aliphatic heterocycles. The zero-order valence-corrected chi connectivity index (χ0v) is 13.4. The van der Waals surface area contributed by atoms with E-state index in [-0.39, 0.29) is 5.97 Å². The number of nitrogens with zero attached hydrogens (tertiary/aromatic N) is 1. The molecule has 0 spiro atoms. The fourth-order valence-corrected chi connectivity index (χ4v) is 2.77. The van der Waals surface area contributed by atoms with Crippen molar-refractivity contribution in [1.82, 2.24) is 4.98 Å². The second kappa shape index (κ2) is 6.08. The minimum atomic E-state index is -0.347. The van der Waals surface area contributed by atoms with E-state index in [1.165, 1.54) is 18.2 Å². The minimum Gasteiger partial charge on any atom is -0.465 e. The van der Waals surface area contributed by atoms with E-state index in [1.807, 2.05) is 18.2 Å². The van der Waals surface area contributed by atoms with Crippen molar-refractivity contribution in [1.29, 1.82) is 0 Å². The predicted molar refractivity (Wildman–Crippen MR) is 92.3 cm³/mol. The molecule has 0 aliphatic rings. The van der Waals surface area contributed by atoms with Gasteiger partial charge in [-0.15, -0.1) is 0 Å². The van der Waals surface area contributed by atoms with Crippen LogP contribution in [0.25, 0.3) is 10.9 Å². The molecule has 23 heavy (non-hydrogen) atoms. The Morgan fingerprint density at radius 3 is 2.74 bits per heavy atom. The minimum absolute atomic E-state index is 0.347. The topological polar surface area (TPSA) is 51.2 Å². The van der Waals surface area contributed by atoms with Gasteiger partial charge in [-0.25, -0.2) is 4.79 Å². The molecular weight excluding hydrogens is 288 g/mol. The fraction of sp³-hybridized carbons (Fsp3) is 0.158. The monoisotopic (exact) mass is 306 g/mol. The lowest BCUT2D eigenvalue weighted by molar-refractivity contribution is 0.0601. The lowest BCUT2D eigenvalue weighted by atomic mass is 10.0. The second-order valence-corrected chi connectivity index (χ2v) is 5.53. The number of esters is 1. The summed E-state index contributed by atoms with van der Waals surface area (Å²) >= 11 is 0. The Balaban J connectivity index is 2.04. The van der Waals surface area contributed by atoms with Crippen LogP contribution >= 0.6 is 0 Å². The first-order valence-electron chi connectivity index (χ1n) is 7.40. The molecule has 0 bridgehead atoms. The first-order valence-corrected chi connectivity index (χ1v) is 7.40. The maximum Gasteiger partial charge on any atom is 0.337 e. The smallest absolute Gasteiger partial charge is 0.337 e. The van der Waals surface area contributed by atoms with Gasteiger partial charge in [0, 0.05) is 23.0 Å². The zero-order valence-electron chi connectivity index (χ0n) is 13.4. The first-order chi connectivity index (χ1) is 11.1. The van der Waals surface area contributed by atoms with E-state index in [0.29, 0.717) is 5.56 Å².